The predicted octanol–water partition coefficient (Wildman–Crippen LogP) is 5.29. The van der Waals surface area contributed by atoms with Crippen LogP contribution in [0.3, 0.4) is 0 Å². The molecule has 0 unspecified atom stereocenters. The largest absolute Gasteiger partial charge is 0.497 e. The first-order valence-corrected chi connectivity index (χ1v) is 13.1. The van der Waals surface area contributed by atoms with Crippen molar-refractivity contribution in [3.05, 3.63) is 58.1 Å². The number of likely N-dealkylation sites (N-methyl/N-ethyl adjacent to an activating group) is 1. The van der Waals surface area contributed by atoms with Gasteiger partial charge in [0.25, 0.3) is 0 Å². The Labute approximate surface area is 218 Å². The lowest BCUT2D eigenvalue weighted by Crippen LogP contribution is -2.54. The maximum absolute atomic E-state index is 13.8. The van der Waals surface area contributed by atoms with E-state index in [4.69, 9.17) is 9.47 Å². The Bertz CT molecular complexity index is 1230. The SMILES string of the molecule is CCN1C(=O)N2Cc3cc(OC)cc(OC)c3[C@@H](C)C=C2C12CCN(C(=O)C1=CC(C)=C(F)CC1)CC2. The van der Waals surface area contributed by atoms with Crippen LogP contribution in [0.5, 0.6) is 11.5 Å². The first-order valence-electron chi connectivity index (χ1n) is 13.1. The number of methoxy groups -OCH3 is 2. The minimum Gasteiger partial charge on any atom is -0.497 e. The molecule has 2 saturated heterocycles. The summed E-state index contributed by atoms with van der Waals surface area (Å²) < 4.78 is 25.1. The van der Waals surface area contributed by atoms with Gasteiger partial charge in [-0.2, -0.15) is 0 Å². The molecule has 7 nitrogen and oxygen atoms in total. The molecule has 3 aliphatic heterocycles. The number of halogens is 1. The van der Waals surface area contributed by atoms with Crippen LogP contribution in [0.2, 0.25) is 0 Å². The molecule has 5 rings (SSSR count). The van der Waals surface area contributed by atoms with Gasteiger partial charge < -0.3 is 19.3 Å². The van der Waals surface area contributed by atoms with Crippen molar-refractivity contribution in [2.24, 2.45) is 0 Å². The molecule has 0 bridgehead atoms. The minimum absolute atomic E-state index is 0.00147. The van der Waals surface area contributed by atoms with Crippen LogP contribution < -0.4 is 9.47 Å². The molecular weight excluding hydrogens is 473 g/mol. The Morgan fingerprint density at radius 2 is 1.89 bits per heavy atom. The van der Waals surface area contributed by atoms with E-state index >= 15 is 0 Å². The average Bonchev–Trinajstić information content (AvgIpc) is 3.01. The fourth-order valence-corrected chi connectivity index (χ4v) is 6.57. The first kappa shape index (κ1) is 25.4. The lowest BCUT2D eigenvalue weighted by molar-refractivity contribution is -0.129. The second-order valence-electron chi connectivity index (χ2n) is 10.4. The normalized spacial score (nSPS) is 22.9. The van der Waals surface area contributed by atoms with Gasteiger partial charge >= 0.3 is 6.03 Å². The molecule has 0 aromatic heterocycles. The van der Waals surface area contributed by atoms with E-state index in [0.29, 0.717) is 62.3 Å². The molecule has 4 aliphatic rings. The molecular formula is C29H36FN3O4. The van der Waals surface area contributed by atoms with Gasteiger partial charge in [0.15, 0.2) is 0 Å². The van der Waals surface area contributed by atoms with Crippen molar-refractivity contribution in [3.8, 4) is 11.5 Å². The third kappa shape index (κ3) is 4.01. The molecule has 198 valence electrons. The number of nitrogens with zero attached hydrogens (tertiary/aromatic N) is 3. The molecule has 0 radical (unpaired) electrons. The summed E-state index contributed by atoms with van der Waals surface area (Å²) in [6.07, 6.45) is 5.96. The second kappa shape index (κ2) is 9.54. The van der Waals surface area contributed by atoms with Crippen molar-refractivity contribution < 1.29 is 23.5 Å². The van der Waals surface area contributed by atoms with Crippen molar-refractivity contribution in [2.45, 2.75) is 64.5 Å². The topological polar surface area (TPSA) is 62.3 Å². The lowest BCUT2D eigenvalue weighted by atomic mass is 9.81. The summed E-state index contributed by atoms with van der Waals surface area (Å²) in [5, 5.41) is 0. The highest BCUT2D eigenvalue weighted by Crippen LogP contribution is 2.49. The maximum Gasteiger partial charge on any atom is 0.325 e. The van der Waals surface area contributed by atoms with E-state index < -0.39 is 5.54 Å². The van der Waals surface area contributed by atoms with Crippen LogP contribution in [0.25, 0.3) is 0 Å². The number of hydrogen-bond acceptors (Lipinski definition) is 4. The minimum atomic E-state index is -0.459. The third-order valence-corrected chi connectivity index (χ3v) is 8.50. The number of rotatable bonds is 4. The van der Waals surface area contributed by atoms with E-state index in [0.717, 1.165) is 22.6 Å². The summed E-state index contributed by atoms with van der Waals surface area (Å²) in [6.45, 7) is 8.02. The van der Waals surface area contributed by atoms with Crippen molar-refractivity contribution in [1.82, 2.24) is 14.7 Å². The summed E-state index contributed by atoms with van der Waals surface area (Å²) in [5.41, 5.74) is 3.87. The number of hydrogen-bond donors (Lipinski definition) is 0. The number of piperidine rings is 1. The van der Waals surface area contributed by atoms with Gasteiger partial charge in [0.1, 0.15) is 17.3 Å². The number of amides is 3. The molecule has 1 aliphatic carbocycles. The molecule has 8 heteroatoms. The van der Waals surface area contributed by atoms with Crippen LogP contribution in [0, 0.1) is 0 Å². The van der Waals surface area contributed by atoms with E-state index in [-0.39, 0.29) is 30.1 Å². The molecule has 0 saturated carbocycles. The van der Waals surface area contributed by atoms with Crippen LogP contribution >= 0.6 is 0 Å². The number of fused-ring (bicyclic) bond motifs is 3. The van der Waals surface area contributed by atoms with E-state index in [2.05, 4.69) is 13.0 Å². The zero-order valence-electron chi connectivity index (χ0n) is 22.4. The van der Waals surface area contributed by atoms with Gasteiger partial charge in [-0.3, -0.25) is 9.69 Å². The zero-order chi connectivity index (χ0) is 26.5. The number of ether oxygens (including phenoxy) is 2. The van der Waals surface area contributed by atoms with Crippen LogP contribution in [0.4, 0.5) is 9.18 Å². The predicted molar refractivity (Wildman–Crippen MR) is 139 cm³/mol. The van der Waals surface area contributed by atoms with E-state index in [1.54, 1.807) is 27.2 Å². The summed E-state index contributed by atoms with van der Waals surface area (Å²) in [4.78, 5) is 32.8. The average molecular weight is 510 g/mol. The maximum atomic E-state index is 13.8. The molecule has 3 heterocycles. The lowest BCUT2D eigenvalue weighted by Gasteiger charge is -2.44. The molecule has 1 aromatic carbocycles. The van der Waals surface area contributed by atoms with Crippen molar-refractivity contribution >= 4 is 11.9 Å². The Balaban J connectivity index is 1.46. The number of likely N-dealkylation sites (tertiary alicyclic amines) is 1. The Morgan fingerprint density at radius 1 is 1.16 bits per heavy atom. The number of carbonyl (C=O) groups excluding carboxylic acids is 2. The second-order valence-corrected chi connectivity index (χ2v) is 10.4. The van der Waals surface area contributed by atoms with E-state index in [1.165, 1.54) is 0 Å². The quantitative estimate of drug-likeness (QED) is 0.554. The standard InChI is InChI=1S/C29H36FN3O4/c1-6-33-28(35)32-17-21-15-22(36-4)16-24(37-5)26(21)19(3)14-25(32)29(33)9-11-31(12-10-29)27(34)20-7-8-23(30)18(2)13-20/h13-16,19H,6-12,17H2,1-5H3/t19-/m0/s1. The highest BCUT2D eigenvalue weighted by Gasteiger charge is 2.55. The van der Waals surface area contributed by atoms with Crippen LogP contribution in [0.1, 0.15) is 63.5 Å². The Kier molecular flexibility index (Phi) is 6.54. The fourth-order valence-electron chi connectivity index (χ4n) is 6.57. The van der Waals surface area contributed by atoms with Gasteiger partial charge in [-0.1, -0.05) is 13.0 Å². The molecule has 1 atom stereocenters. The van der Waals surface area contributed by atoms with Crippen molar-refractivity contribution in [2.75, 3.05) is 33.9 Å². The first-order chi connectivity index (χ1) is 17.7. The van der Waals surface area contributed by atoms with Gasteiger partial charge in [0.2, 0.25) is 5.91 Å². The molecule has 37 heavy (non-hydrogen) atoms. The van der Waals surface area contributed by atoms with Gasteiger partial charge in [-0.15, -0.1) is 0 Å². The molecule has 0 N–H and O–H groups in total. The zero-order valence-corrected chi connectivity index (χ0v) is 22.4. The number of benzene rings is 1. The van der Waals surface area contributed by atoms with E-state index in [9.17, 15) is 14.0 Å². The smallest absolute Gasteiger partial charge is 0.325 e. The van der Waals surface area contributed by atoms with Gasteiger partial charge in [0.05, 0.1) is 26.3 Å². The molecule has 1 spiro atoms. The van der Waals surface area contributed by atoms with Crippen LogP contribution in [-0.2, 0) is 11.3 Å². The van der Waals surface area contributed by atoms with Gasteiger partial charge in [0, 0.05) is 54.9 Å². The third-order valence-electron chi connectivity index (χ3n) is 8.50. The Morgan fingerprint density at radius 3 is 2.51 bits per heavy atom. The summed E-state index contributed by atoms with van der Waals surface area (Å²) in [6, 6.07) is 3.90. The highest BCUT2D eigenvalue weighted by molar-refractivity contribution is 5.94. The Hall–Kier alpha value is -3.29. The summed E-state index contributed by atoms with van der Waals surface area (Å²) in [5.74, 6) is 1.35. The fraction of sp³-hybridized carbons (Fsp3) is 0.517. The van der Waals surface area contributed by atoms with Gasteiger partial charge in [-0.25, -0.2) is 9.18 Å². The van der Waals surface area contributed by atoms with Crippen molar-refractivity contribution in [3.63, 3.8) is 0 Å². The number of urea groups is 1. The van der Waals surface area contributed by atoms with E-state index in [1.807, 2.05) is 33.8 Å². The molecule has 3 amide bonds. The molecule has 1 aromatic rings. The van der Waals surface area contributed by atoms with Crippen molar-refractivity contribution in [1.29, 1.82) is 0 Å². The number of carbonyl (C=O) groups is 2. The monoisotopic (exact) mass is 509 g/mol. The summed E-state index contributed by atoms with van der Waals surface area (Å²) in [7, 11) is 3.29. The van der Waals surface area contributed by atoms with Crippen LogP contribution in [0.15, 0.2) is 47.0 Å². The van der Waals surface area contributed by atoms with Gasteiger partial charge in [-0.05, 0) is 56.4 Å². The number of allylic oxidation sites excluding steroid dienone is 4. The summed E-state index contributed by atoms with van der Waals surface area (Å²) >= 11 is 0. The highest BCUT2D eigenvalue weighted by atomic mass is 19.1. The van der Waals surface area contributed by atoms with Crippen LogP contribution in [-0.4, -0.2) is 66.0 Å². The molecule has 2 fully saturated rings.